The Morgan fingerprint density at radius 3 is 2.65 bits per heavy atom. The number of halogens is 1. The van der Waals surface area contributed by atoms with Gasteiger partial charge in [0, 0.05) is 23.4 Å². The van der Waals surface area contributed by atoms with Crippen LogP contribution < -0.4 is 9.47 Å². The number of carbonyl (C=O) groups is 1. The maximum absolute atomic E-state index is 11.2. The largest absolute Gasteiger partial charge is 0.493 e. The maximum Gasteiger partial charge on any atom is 0.335 e. The van der Waals surface area contributed by atoms with E-state index in [2.05, 4.69) is 0 Å². The van der Waals surface area contributed by atoms with Gasteiger partial charge in [-0.05, 0) is 36.8 Å². The van der Waals surface area contributed by atoms with Crippen molar-refractivity contribution in [3.63, 3.8) is 0 Å². The van der Waals surface area contributed by atoms with E-state index in [4.69, 9.17) is 21.1 Å². The van der Waals surface area contributed by atoms with E-state index in [0.29, 0.717) is 29.4 Å². The van der Waals surface area contributed by atoms with Crippen LogP contribution in [0.4, 0.5) is 0 Å². The van der Waals surface area contributed by atoms with E-state index < -0.39 is 11.6 Å². The second-order valence-corrected chi connectivity index (χ2v) is 6.44. The molecule has 0 aromatic heterocycles. The van der Waals surface area contributed by atoms with E-state index in [1.54, 1.807) is 6.07 Å². The SMILES string of the molecule is COc1cc(C(=O)O)cc2c1O[C@](C)(Cc1ccc(Cl)cc1)C2. The minimum Gasteiger partial charge on any atom is -0.493 e. The van der Waals surface area contributed by atoms with E-state index in [1.165, 1.54) is 13.2 Å². The maximum atomic E-state index is 11.2. The number of aromatic carboxylic acids is 1. The fourth-order valence-electron chi connectivity index (χ4n) is 3.00. The molecular weight excluding hydrogens is 316 g/mol. The molecule has 1 atom stereocenters. The van der Waals surface area contributed by atoms with Crippen LogP contribution in [-0.4, -0.2) is 23.8 Å². The standard InChI is InChI=1S/C18H17ClO4/c1-18(9-11-3-5-14(19)6-4-11)10-13-7-12(17(20)21)8-15(22-2)16(13)23-18/h3-8H,9-10H2,1-2H3,(H,20,21)/t18-/m1/s1. The summed E-state index contributed by atoms with van der Waals surface area (Å²) >= 11 is 5.92. The van der Waals surface area contributed by atoms with Gasteiger partial charge in [0.1, 0.15) is 5.60 Å². The molecule has 0 saturated heterocycles. The summed E-state index contributed by atoms with van der Waals surface area (Å²) in [5.74, 6) is 0.117. The number of carboxylic acids is 1. The molecule has 4 nitrogen and oxygen atoms in total. The first kappa shape index (κ1) is 15.7. The zero-order valence-corrected chi connectivity index (χ0v) is 13.7. The monoisotopic (exact) mass is 332 g/mol. The van der Waals surface area contributed by atoms with Crippen molar-refractivity contribution >= 4 is 17.6 Å². The van der Waals surface area contributed by atoms with Gasteiger partial charge in [-0.1, -0.05) is 23.7 Å². The van der Waals surface area contributed by atoms with E-state index in [-0.39, 0.29) is 5.56 Å². The summed E-state index contributed by atoms with van der Waals surface area (Å²) in [7, 11) is 1.51. The van der Waals surface area contributed by atoms with Crippen molar-refractivity contribution in [1.82, 2.24) is 0 Å². The van der Waals surface area contributed by atoms with Crippen LogP contribution in [0.15, 0.2) is 36.4 Å². The lowest BCUT2D eigenvalue weighted by molar-refractivity contribution is 0.0696. The van der Waals surface area contributed by atoms with Crippen LogP contribution in [0.1, 0.15) is 28.4 Å². The number of fused-ring (bicyclic) bond motifs is 1. The Morgan fingerprint density at radius 2 is 2.04 bits per heavy atom. The molecule has 23 heavy (non-hydrogen) atoms. The molecule has 0 fully saturated rings. The molecule has 1 heterocycles. The number of benzene rings is 2. The van der Waals surface area contributed by atoms with Crippen molar-refractivity contribution in [2.24, 2.45) is 0 Å². The molecule has 0 amide bonds. The topological polar surface area (TPSA) is 55.8 Å². The van der Waals surface area contributed by atoms with E-state index in [1.807, 2.05) is 31.2 Å². The van der Waals surface area contributed by atoms with Crippen molar-refractivity contribution in [2.75, 3.05) is 7.11 Å². The minimum absolute atomic E-state index is 0.208. The van der Waals surface area contributed by atoms with Crippen molar-refractivity contribution in [1.29, 1.82) is 0 Å². The molecule has 0 aliphatic carbocycles. The highest BCUT2D eigenvalue weighted by Crippen LogP contribution is 2.44. The predicted molar refractivity (Wildman–Crippen MR) is 87.8 cm³/mol. The second-order valence-electron chi connectivity index (χ2n) is 6.00. The molecule has 2 aromatic carbocycles. The van der Waals surface area contributed by atoms with E-state index in [9.17, 15) is 9.90 Å². The molecule has 0 radical (unpaired) electrons. The highest BCUT2D eigenvalue weighted by molar-refractivity contribution is 6.30. The zero-order chi connectivity index (χ0) is 16.6. The lowest BCUT2D eigenvalue weighted by atomic mass is 9.91. The fourth-order valence-corrected chi connectivity index (χ4v) is 3.13. The number of carboxylic acid groups (broad SMARTS) is 1. The summed E-state index contributed by atoms with van der Waals surface area (Å²) in [6.07, 6.45) is 1.33. The molecule has 0 unspecified atom stereocenters. The van der Waals surface area contributed by atoms with Gasteiger partial charge in [-0.2, -0.15) is 0 Å². The Balaban J connectivity index is 1.90. The van der Waals surface area contributed by atoms with Gasteiger partial charge in [0.15, 0.2) is 11.5 Å². The Kier molecular flexibility index (Phi) is 3.94. The Morgan fingerprint density at radius 1 is 1.35 bits per heavy atom. The van der Waals surface area contributed by atoms with E-state index in [0.717, 1.165) is 11.1 Å². The third-order valence-electron chi connectivity index (χ3n) is 4.00. The van der Waals surface area contributed by atoms with Gasteiger partial charge in [0.25, 0.3) is 0 Å². The third-order valence-corrected chi connectivity index (χ3v) is 4.25. The van der Waals surface area contributed by atoms with Gasteiger partial charge in [-0.15, -0.1) is 0 Å². The number of methoxy groups -OCH3 is 1. The number of hydrogen-bond donors (Lipinski definition) is 1. The van der Waals surface area contributed by atoms with Crippen LogP contribution in [0.2, 0.25) is 5.02 Å². The molecule has 1 aliphatic heterocycles. The van der Waals surface area contributed by atoms with Gasteiger partial charge < -0.3 is 14.6 Å². The summed E-state index contributed by atoms with van der Waals surface area (Å²) in [5, 5.41) is 9.92. The van der Waals surface area contributed by atoms with Crippen LogP contribution in [0.3, 0.4) is 0 Å². The van der Waals surface area contributed by atoms with Gasteiger partial charge >= 0.3 is 5.97 Å². The second kappa shape index (κ2) is 5.78. The smallest absolute Gasteiger partial charge is 0.335 e. The predicted octanol–water partition coefficient (Wildman–Crippen LogP) is 3.98. The van der Waals surface area contributed by atoms with Crippen molar-refractivity contribution in [3.8, 4) is 11.5 Å². The Bertz CT molecular complexity index is 754. The molecule has 2 aromatic rings. The fraction of sp³-hybridized carbons (Fsp3) is 0.278. The van der Waals surface area contributed by atoms with E-state index >= 15 is 0 Å². The molecule has 0 spiro atoms. The van der Waals surface area contributed by atoms with Gasteiger partial charge in [-0.25, -0.2) is 4.79 Å². The molecule has 120 valence electrons. The summed E-state index contributed by atoms with van der Waals surface area (Å²) in [6, 6.07) is 10.8. The first-order chi connectivity index (χ1) is 10.9. The summed E-state index contributed by atoms with van der Waals surface area (Å²) in [4.78, 5) is 11.2. The Hall–Kier alpha value is -2.20. The normalized spacial score (nSPS) is 19.1. The van der Waals surface area contributed by atoms with Gasteiger partial charge in [0.05, 0.1) is 12.7 Å². The lowest BCUT2D eigenvalue weighted by Gasteiger charge is -2.24. The molecule has 3 rings (SSSR count). The number of ether oxygens (including phenoxy) is 2. The molecule has 0 bridgehead atoms. The minimum atomic E-state index is -0.975. The van der Waals surface area contributed by atoms with Crippen LogP contribution in [0.25, 0.3) is 0 Å². The Labute approximate surface area is 139 Å². The molecule has 5 heteroatoms. The molecule has 0 saturated carbocycles. The number of hydrogen-bond acceptors (Lipinski definition) is 3. The lowest BCUT2D eigenvalue weighted by Crippen LogP contribution is -2.32. The van der Waals surface area contributed by atoms with Crippen molar-refractivity contribution in [2.45, 2.75) is 25.4 Å². The van der Waals surface area contributed by atoms with Crippen LogP contribution in [0, 0.1) is 0 Å². The first-order valence-corrected chi connectivity index (χ1v) is 7.66. The quantitative estimate of drug-likeness (QED) is 0.920. The number of rotatable bonds is 4. The van der Waals surface area contributed by atoms with Crippen molar-refractivity contribution < 1.29 is 19.4 Å². The highest BCUT2D eigenvalue weighted by Gasteiger charge is 2.37. The average Bonchev–Trinajstić information content (AvgIpc) is 2.84. The summed E-state index contributed by atoms with van der Waals surface area (Å²) < 4.78 is 11.4. The average molecular weight is 333 g/mol. The van der Waals surface area contributed by atoms with Gasteiger partial charge in [0.2, 0.25) is 0 Å². The summed E-state index contributed by atoms with van der Waals surface area (Å²) in [6.45, 7) is 2.02. The zero-order valence-electron chi connectivity index (χ0n) is 12.9. The highest BCUT2D eigenvalue weighted by atomic mass is 35.5. The summed E-state index contributed by atoms with van der Waals surface area (Å²) in [5.41, 5.74) is 1.74. The van der Waals surface area contributed by atoms with Gasteiger partial charge in [-0.3, -0.25) is 0 Å². The van der Waals surface area contributed by atoms with Crippen molar-refractivity contribution in [3.05, 3.63) is 58.1 Å². The first-order valence-electron chi connectivity index (χ1n) is 7.28. The molecule has 1 N–H and O–H groups in total. The van der Waals surface area contributed by atoms with Crippen LogP contribution in [0.5, 0.6) is 11.5 Å². The third kappa shape index (κ3) is 3.13. The van der Waals surface area contributed by atoms with Crippen LogP contribution >= 0.6 is 11.6 Å². The molecule has 1 aliphatic rings. The van der Waals surface area contributed by atoms with Crippen LogP contribution in [-0.2, 0) is 12.8 Å². The molecular formula is C18H17ClO4.